The van der Waals surface area contributed by atoms with Crippen molar-refractivity contribution < 1.29 is 18.0 Å². The highest BCUT2D eigenvalue weighted by Crippen LogP contribution is 2.27. The van der Waals surface area contributed by atoms with E-state index >= 15 is 0 Å². The second-order valence-corrected chi connectivity index (χ2v) is 13.6. The number of rotatable bonds is 9. The standard InChI is InChI=1S/C29H32Cl3N3O4S/c1-19-6-12-24(13-7-19)35(40(38,39)25-14-10-22(30)11-15-25)18-27(36)34(20(2)28(37)33-29(3,4)5)17-21-8-9-23(31)16-26(21)32/h6-16,20H,17-18H2,1-5H3,(H,33,37). The van der Waals surface area contributed by atoms with Crippen molar-refractivity contribution >= 4 is 62.3 Å². The number of sulfonamides is 1. The van der Waals surface area contributed by atoms with Gasteiger partial charge in [0.1, 0.15) is 12.6 Å². The predicted octanol–water partition coefficient (Wildman–Crippen LogP) is 6.48. The zero-order chi connectivity index (χ0) is 29.8. The fourth-order valence-corrected chi connectivity index (χ4v) is 5.87. The zero-order valence-corrected chi connectivity index (χ0v) is 26.0. The first-order valence-corrected chi connectivity index (χ1v) is 15.1. The van der Waals surface area contributed by atoms with Gasteiger partial charge in [0.05, 0.1) is 10.6 Å². The SMILES string of the molecule is Cc1ccc(N(CC(=O)N(Cc2ccc(Cl)cc2Cl)C(C)C(=O)NC(C)(C)C)S(=O)(=O)c2ccc(Cl)cc2)cc1. The van der Waals surface area contributed by atoms with Gasteiger partial charge in [-0.1, -0.05) is 58.6 Å². The fourth-order valence-electron chi connectivity index (χ4n) is 3.86. The molecule has 11 heteroatoms. The van der Waals surface area contributed by atoms with Crippen LogP contribution in [0.4, 0.5) is 5.69 Å². The van der Waals surface area contributed by atoms with Gasteiger partial charge >= 0.3 is 0 Å². The molecule has 1 atom stereocenters. The minimum Gasteiger partial charge on any atom is -0.350 e. The second-order valence-electron chi connectivity index (χ2n) is 10.5. The van der Waals surface area contributed by atoms with Crippen molar-refractivity contribution in [2.45, 2.75) is 57.6 Å². The number of carbonyl (C=O) groups is 2. The predicted molar refractivity (Wildman–Crippen MR) is 162 cm³/mol. The van der Waals surface area contributed by atoms with Crippen LogP contribution in [-0.2, 0) is 26.2 Å². The summed E-state index contributed by atoms with van der Waals surface area (Å²) in [6, 6.07) is 16.4. The van der Waals surface area contributed by atoms with E-state index in [1.165, 1.54) is 29.2 Å². The molecular weight excluding hydrogens is 593 g/mol. The van der Waals surface area contributed by atoms with Crippen LogP contribution < -0.4 is 9.62 Å². The number of halogens is 3. The van der Waals surface area contributed by atoms with E-state index in [1.54, 1.807) is 49.4 Å². The molecular formula is C29H32Cl3N3O4S. The Morgan fingerprint density at radius 2 is 1.48 bits per heavy atom. The molecule has 0 radical (unpaired) electrons. The molecule has 0 aliphatic rings. The third-order valence-electron chi connectivity index (χ3n) is 6.02. The van der Waals surface area contributed by atoms with Crippen LogP contribution in [0.1, 0.15) is 38.8 Å². The van der Waals surface area contributed by atoms with E-state index in [0.29, 0.717) is 26.3 Å². The Balaban J connectivity index is 2.05. The van der Waals surface area contributed by atoms with Crippen LogP contribution in [0.3, 0.4) is 0 Å². The fraction of sp³-hybridized carbons (Fsp3) is 0.310. The molecule has 1 unspecified atom stereocenters. The maximum Gasteiger partial charge on any atom is 0.264 e. The summed E-state index contributed by atoms with van der Waals surface area (Å²) in [6.45, 7) is 8.35. The van der Waals surface area contributed by atoms with Crippen molar-refractivity contribution in [3.63, 3.8) is 0 Å². The molecule has 0 fully saturated rings. The zero-order valence-electron chi connectivity index (χ0n) is 22.9. The van der Waals surface area contributed by atoms with Crippen molar-refractivity contribution in [1.29, 1.82) is 0 Å². The maximum absolute atomic E-state index is 14.0. The van der Waals surface area contributed by atoms with Crippen LogP contribution in [0.2, 0.25) is 15.1 Å². The van der Waals surface area contributed by atoms with Crippen molar-refractivity contribution in [3.05, 3.63) is 92.9 Å². The number of anilines is 1. The third-order valence-corrected chi connectivity index (χ3v) is 8.65. The molecule has 0 aliphatic heterocycles. The number of aryl methyl sites for hydroxylation is 1. The van der Waals surface area contributed by atoms with Crippen LogP contribution in [0.25, 0.3) is 0 Å². The summed E-state index contributed by atoms with van der Waals surface area (Å²) in [5, 5.41) is 4.00. The Hall–Kier alpha value is -2.78. The second kappa shape index (κ2) is 12.8. The molecule has 3 rings (SSSR count). The minimum atomic E-state index is -4.19. The lowest BCUT2D eigenvalue weighted by Gasteiger charge is -2.33. The Kier molecular flexibility index (Phi) is 10.2. The summed E-state index contributed by atoms with van der Waals surface area (Å²) in [5.41, 5.74) is 1.22. The van der Waals surface area contributed by atoms with Crippen LogP contribution in [0, 0.1) is 6.92 Å². The molecule has 0 aliphatic carbocycles. The van der Waals surface area contributed by atoms with Gasteiger partial charge in [-0.25, -0.2) is 8.42 Å². The lowest BCUT2D eigenvalue weighted by molar-refractivity contribution is -0.140. The Labute approximate surface area is 251 Å². The molecule has 0 saturated carbocycles. The van der Waals surface area contributed by atoms with Crippen molar-refractivity contribution in [2.75, 3.05) is 10.8 Å². The molecule has 0 bridgehead atoms. The number of nitrogens with one attached hydrogen (secondary N) is 1. The molecule has 3 aromatic rings. The Morgan fingerprint density at radius 3 is 2.02 bits per heavy atom. The summed E-state index contributed by atoms with van der Waals surface area (Å²) >= 11 is 18.5. The highest BCUT2D eigenvalue weighted by Gasteiger charge is 2.33. The topological polar surface area (TPSA) is 86.8 Å². The highest BCUT2D eigenvalue weighted by molar-refractivity contribution is 7.92. The van der Waals surface area contributed by atoms with Crippen molar-refractivity contribution in [2.24, 2.45) is 0 Å². The van der Waals surface area contributed by atoms with Gasteiger partial charge in [0.25, 0.3) is 10.0 Å². The van der Waals surface area contributed by atoms with Gasteiger partial charge in [-0.3, -0.25) is 13.9 Å². The number of amides is 2. The molecule has 214 valence electrons. The van der Waals surface area contributed by atoms with E-state index in [2.05, 4.69) is 5.32 Å². The lowest BCUT2D eigenvalue weighted by Crippen LogP contribution is -2.54. The molecule has 3 aromatic carbocycles. The van der Waals surface area contributed by atoms with Crippen LogP contribution in [0.5, 0.6) is 0 Å². The number of hydrogen-bond acceptors (Lipinski definition) is 4. The van der Waals surface area contributed by atoms with Gasteiger partial charge in [-0.05, 0) is 88.7 Å². The Morgan fingerprint density at radius 1 is 0.900 bits per heavy atom. The largest absolute Gasteiger partial charge is 0.350 e. The van der Waals surface area contributed by atoms with Crippen molar-refractivity contribution in [3.8, 4) is 0 Å². The molecule has 0 spiro atoms. The molecule has 0 aromatic heterocycles. The van der Waals surface area contributed by atoms with Crippen LogP contribution in [-0.4, -0.2) is 43.3 Å². The van der Waals surface area contributed by atoms with Gasteiger partial charge in [0, 0.05) is 27.2 Å². The summed E-state index contributed by atoms with van der Waals surface area (Å²) < 4.78 is 28.7. The van der Waals surface area contributed by atoms with Gasteiger partial charge in [0.2, 0.25) is 11.8 Å². The first-order valence-electron chi connectivity index (χ1n) is 12.5. The summed E-state index contributed by atoms with van der Waals surface area (Å²) in [6.07, 6.45) is 0. The van der Waals surface area contributed by atoms with E-state index in [0.717, 1.165) is 9.87 Å². The first kappa shape index (κ1) is 31.7. The maximum atomic E-state index is 14.0. The molecule has 0 saturated heterocycles. The first-order chi connectivity index (χ1) is 18.6. The summed E-state index contributed by atoms with van der Waals surface area (Å²) in [7, 11) is -4.19. The number of hydrogen-bond donors (Lipinski definition) is 1. The highest BCUT2D eigenvalue weighted by atomic mass is 35.5. The molecule has 0 heterocycles. The van der Waals surface area contributed by atoms with Gasteiger partial charge < -0.3 is 10.2 Å². The van der Waals surface area contributed by atoms with Gasteiger partial charge in [-0.15, -0.1) is 0 Å². The minimum absolute atomic E-state index is 0.0314. The van der Waals surface area contributed by atoms with Crippen LogP contribution >= 0.6 is 34.8 Å². The quantitative estimate of drug-likeness (QED) is 0.295. The van der Waals surface area contributed by atoms with Crippen LogP contribution in [0.15, 0.2) is 71.6 Å². The van der Waals surface area contributed by atoms with E-state index in [4.69, 9.17) is 34.8 Å². The smallest absolute Gasteiger partial charge is 0.264 e. The molecule has 2 amide bonds. The monoisotopic (exact) mass is 623 g/mol. The van der Waals surface area contributed by atoms with E-state index < -0.39 is 40.0 Å². The Bertz CT molecular complexity index is 1470. The summed E-state index contributed by atoms with van der Waals surface area (Å²) in [5.74, 6) is -0.992. The lowest BCUT2D eigenvalue weighted by atomic mass is 10.1. The normalized spacial score (nSPS) is 12.5. The average molecular weight is 625 g/mol. The number of carbonyl (C=O) groups excluding carboxylic acids is 2. The van der Waals surface area contributed by atoms with E-state index in [9.17, 15) is 18.0 Å². The number of nitrogens with zero attached hydrogens (tertiary/aromatic N) is 2. The van der Waals surface area contributed by atoms with Gasteiger partial charge in [0.15, 0.2) is 0 Å². The molecule has 7 nitrogen and oxygen atoms in total. The molecule has 1 N–H and O–H groups in total. The van der Waals surface area contributed by atoms with E-state index in [-0.39, 0.29) is 11.4 Å². The van der Waals surface area contributed by atoms with Crippen molar-refractivity contribution in [1.82, 2.24) is 10.2 Å². The third kappa shape index (κ3) is 8.13. The van der Waals surface area contributed by atoms with E-state index in [1.807, 2.05) is 27.7 Å². The average Bonchev–Trinajstić information content (AvgIpc) is 2.86. The van der Waals surface area contributed by atoms with Gasteiger partial charge in [-0.2, -0.15) is 0 Å². The number of benzene rings is 3. The summed E-state index contributed by atoms with van der Waals surface area (Å²) in [4.78, 5) is 28.4. The molecule has 40 heavy (non-hydrogen) atoms.